The van der Waals surface area contributed by atoms with E-state index in [2.05, 4.69) is 4.98 Å². The Bertz CT molecular complexity index is 661. The molecule has 4 nitrogen and oxygen atoms in total. The first-order valence-electron chi connectivity index (χ1n) is 7.12. The van der Waals surface area contributed by atoms with Gasteiger partial charge in [0.2, 0.25) is 0 Å². The molecule has 2 aromatic rings. The lowest BCUT2D eigenvalue weighted by Gasteiger charge is -2.27. The zero-order valence-corrected chi connectivity index (χ0v) is 12.7. The van der Waals surface area contributed by atoms with Crippen molar-refractivity contribution in [3.63, 3.8) is 0 Å². The van der Waals surface area contributed by atoms with Crippen molar-refractivity contribution >= 4 is 11.8 Å². The summed E-state index contributed by atoms with van der Waals surface area (Å²) < 4.78 is 13.9. The Labute approximate surface area is 129 Å². The lowest BCUT2D eigenvalue weighted by Crippen LogP contribution is -2.32. The summed E-state index contributed by atoms with van der Waals surface area (Å²) in [6, 6.07) is 10.2. The van der Waals surface area contributed by atoms with Gasteiger partial charge in [-0.15, -0.1) is 0 Å². The molecule has 0 amide bonds. The van der Waals surface area contributed by atoms with E-state index in [1.807, 2.05) is 24.0 Å². The molecule has 0 spiro atoms. The second-order valence-electron chi connectivity index (χ2n) is 5.36. The van der Waals surface area contributed by atoms with Crippen molar-refractivity contribution in [1.82, 2.24) is 4.98 Å². The van der Waals surface area contributed by atoms with E-state index < -0.39 is 11.9 Å². The van der Waals surface area contributed by atoms with Crippen molar-refractivity contribution in [3.05, 3.63) is 59.5 Å². The zero-order chi connectivity index (χ0) is 16.1. The Morgan fingerprint density at radius 1 is 1.32 bits per heavy atom. The van der Waals surface area contributed by atoms with Crippen molar-refractivity contribution in [2.75, 3.05) is 11.4 Å². The van der Waals surface area contributed by atoms with Gasteiger partial charge < -0.3 is 10.0 Å². The highest BCUT2D eigenvalue weighted by atomic mass is 19.1. The number of nitrogens with zero attached hydrogens (tertiary/aromatic N) is 2. The molecule has 0 aliphatic carbocycles. The highest BCUT2D eigenvalue weighted by Gasteiger charge is 2.19. The Balaban J connectivity index is 2.31. The van der Waals surface area contributed by atoms with Gasteiger partial charge in [0.25, 0.3) is 0 Å². The molecule has 1 heterocycles. The summed E-state index contributed by atoms with van der Waals surface area (Å²) in [4.78, 5) is 17.3. The SMILES string of the molecule is Cc1cccnc1N(Cc1ccccc1F)CC(C)C(=O)O. The highest BCUT2D eigenvalue weighted by molar-refractivity contribution is 5.70. The smallest absolute Gasteiger partial charge is 0.308 e. The first kappa shape index (κ1) is 15.9. The maximum atomic E-state index is 13.9. The van der Waals surface area contributed by atoms with E-state index in [-0.39, 0.29) is 18.9 Å². The number of halogens is 1. The van der Waals surface area contributed by atoms with Gasteiger partial charge in [0, 0.05) is 24.8 Å². The number of aryl methyl sites for hydroxylation is 1. The van der Waals surface area contributed by atoms with E-state index in [1.54, 1.807) is 31.3 Å². The largest absolute Gasteiger partial charge is 0.481 e. The number of rotatable bonds is 6. The Morgan fingerprint density at radius 2 is 2.05 bits per heavy atom. The summed E-state index contributed by atoms with van der Waals surface area (Å²) in [5, 5.41) is 9.15. The molecule has 0 aliphatic heterocycles. The third kappa shape index (κ3) is 3.81. The van der Waals surface area contributed by atoms with Crippen molar-refractivity contribution in [1.29, 1.82) is 0 Å². The molecule has 5 heteroatoms. The van der Waals surface area contributed by atoms with E-state index in [0.29, 0.717) is 11.4 Å². The van der Waals surface area contributed by atoms with Gasteiger partial charge in [-0.25, -0.2) is 9.37 Å². The first-order valence-corrected chi connectivity index (χ1v) is 7.12. The summed E-state index contributed by atoms with van der Waals surface area (Å²) in [5.74, 6) is -1.08. The lowest BCUT2D eigenvalue weighted by atomic mass is 10.1. The monoisotopic (exact) mass is 302 g/mol. The van der Waals surface area contributed by atoms with Crippen LogP contribution >= 0.6 is 0 Å². The van der Waals surface area contributed by atoms with E-state index in [1.165, 1.54) is 6.07 Å². The van der Waals surface area contributed by atoms with Crippen LogP contribution in [0.1, 0.15) is 18.1 Å². The predicted molar refractivity (Wildman–Crippen MR) is 83.2 cm³/mol. The molecular formula is C17H19FN2O2. The maximum absolute atomic E-state index is 13.9. The number of carboxylic acid groups (broad SMARTS) is 1. The van der Waals surface area contributed by atoms with Crippen LogP contribution in [0.25, 0.3) is 0 Å². The second kappa shape index (κ2) is 7.02. The third-order valence-corrected chi connectivity index (χ3v) is 3.52. The zero-order valence-electron chi connectivity index (χ0n) is 12.7. The van der Waals surface area contributed by atoms with Gasteiger partial charge in [0.05, 0.1) is 5.92 Å². The van der Waals surface area contributed by atoms with E-state index >= 15 is 0 Å². The molecule has 22 heavy (non-hydrogen) atoms. The summed E-state index contributed by atoms with van der Waals surface area (Å²) in [7, 11) is 0. The number of aliphatic carboxylic acids is 1. The molecule has 0 radical (unpaired) electrons. The molecule has 0 saturated heterocycles. The number of carboxylic acids is 1. The van der Waals surface area contributed by atoms with Crippen molar-refractivity contribution in [2.24, 2.45) is 5.92 Å². The number of benzene rings is 1. The molecule has 1 unspecified atom stereocenters. The standard InChI is InChI=1S/C17H19FN2O2/c1-12-6-5-9-19-16(12)20(10-13(2)17(21)22)11-14-7-3-4-8-15(14)18/h3-9,13H,10-11H2,1-2H3,(H,21,22). The molecule has 0 fully saturated rings. The molecule has 1 aromatic heterocycles. The molecule has 0 bridgehead atoms. The summed E-state index contributed by atoms with van der Waals surface area (Å²) in [5.41, 5.74) is 1.45. The average Bonchev–Trinajstić information content (AvgIpc) is 2.49. The van der Waals surface area contributed by atoms with Crippen LogP contribution in [0.15, 0.2) is 42.6 Å². The number of hydrogen-bond acceptors (Lipinski definition) is 3. The Kier molecular flexibility index (Phi) is 5.09. The minimum Gasteiger partial charge on any atom is -0.481 e. The fraction of sp³-hybridized carbons (Fsp3) is 0.294. The van der Waals surface area contributed by atoms with Crippen LogP contribution < -0.4 is 4.90 Å². The van der Waals surface area contributed by atoms with Crippen molar-refractivity contribution in [2.45, 2.75) is 20.4 Å². The first-order chi connectivity index (χ1) is 10.5. The molecule has 1 aromatic carbocycles. The fourth-order valence-electron chi connectivity index (χ4n) is 2.28. The quantitative estimate of drug-likeness (QED) is 0.890. The van der Waals surface area contributed by atoms with Crippen LogP contribution in [0.5, 0.6) is 0 Å². The van der Waals surface area contributed by atoms with Gasteiger partial charge in [-0.2, -0.15) is 0 Å². The average molecular weight is 302 g/mol. The van der Waals surface area contributed by atoms with E-state index in [0.717, 1.165) is 5.56 Å². The van der Waals surface area contributed by atoms with Gasteiger partial charge >= 0.3 is 5.97 Å². The van der Waals surface area contributed by atoms with Crippen LogP contribution in [-0.4, -0.2) is 22.6 Å². The topological polar surface area (TPSA) is 53.4 Å². The van der Waals surface area contributed by atoms with Crippen LogP contribution in [-0.2, 0) is 11.3 Å². The summed E-state index contributed by atoms with van der Waals surface area (Å²) in [6.07, 6.45) is 1.65. The predicted octanol–water partition coefficient (Wildman–Crippen LogP) is 3.26. The van der Waals surface area contributed by atoms with Gasteiger partial charge in [-0.3, -0.25) is 4.79 Å². The second-order valence-corrected chi connectivity index (χ2v) is 5.36. The molecule has 1 atom stereocenters. The summed E-state index contributed by atoms with van der Waals surface area (Å²) >= 11 is 0. The van der Waals surface area contributed by atoms with Crippen molar-refractivity contribution < 1.29 is 14.3 Å². The Hall–Kier alpha value is -2.43. The fourth-order valence-corrected chi connectivity index (χ4v) is 2.28. The Morgan fingerprint density at radius 3 is 2.68 bits per heavy atom. The van der Waals surface area contributed by atoms with Crippen molar-refractivity contribution in [3.8, 4) is 0 Å². The van der Waals surface area contributed by atoms with Crippen LogP contribution in [0.4, 0.5) is 10.2 Å². The highest BCUT2D eigenvalue weighted by Crippen LogP contribution is 2.21. The third-order valence-electron chi connectivity index (χ3n) is 3.52. The molecule has 2 rings (SSSR count). The van der Waals surface area contributed by atoms with Gasteiger partial charge in [0.15, 0.2) is 0 Å². The maximum Gasteiger partial charge on any atom is 0.308 e. The van der Waals surface area contributed by atoms with Crippen LogP contribution in [0, 0.1) is 18.7 Å². The molecule has 1 N–H and O–H groups in total. The van der Waals surface area contributed by atoms with Gasteiger partial charge in [0.1, 0.15) is 11.6 Å². The van der Waals surface area contributed by atoms with E-state index in [9.17, 15) is 9.18 Å². The molecule has 0 saturated carbocycles. The number of carbonyl (C=O) groups is 1. The van der Waals surface area contributed by atoms with Gasteiger partial charge in [-0.1, -0.05) is 31.2 Å². The van der Waals surface area contributed by atoms with Crippen LogP contribution in [0.3, 0.4) is 0 Å². The number of aromatic nitrogens is 1. The summed E-state index contributed by atoms with van der Waals surface area (Å²) in [6.45, 7) is 4.08. The van der Waals surface area contributed by atoms with Gasteiger partial charge in [-0.05, 0) is 24.6 Å². The minimum absolute atomic E-state index is 0.265. The molecule has 116 valence electrons. The molecule has 0 aliphatic rings. The number of anilines is 1. The number of hydrogen-bond donors (Lipinski definition) is 1. The minimum atomic E-state index is -0.882. The van der Waals surface area contributed by atoms with E-state index in [4.69, 9.17) is 5.11 Å². The number of pyridine rings is 1. The normalized spacial score (nSPS) is 12.0. The lowest BCUT2D eigenvalue weighted by molar-refractivity contribution is -0.140. The van der Waals surface area contributed by atoms with Crippen LogP contribution in [0.2, 0.25) is 0 Å². The molecular weight excluding hydrogens is 283 g/mol.